The lowest BCUT2D eigenvalue weighted by Crippen LogP contribution is -2.47. The smallest absolute Gasteiger partial charge is 0.266 e. The number of rotatable bonds is 6. The average molecular weight is 291 g/mol. The molecule has 6 heteroatoms. The number of ether oxygens (including phenoxy) is 1. The second kappa shape index (κ2) is 7.06. The molecule has 0 bridgehead atoms. The highest BCUT2D eigenvalue weighted by atomic mass is 16.5. The highest BCUT2D eigenvalue weighted by Crippen LogP contribution is 2.28. The molecule has 0 aliphatic carbocycles. The molecule has 114 valence electrons. The molecular formula is C15H21N3O3. The van der Waals surface area contributed by atoms with Crippen LogP contribution in [0.3, 0.4) is 0 Å². The minimum absolute atomic E-state index is 0.0200. The average Bonchev–Trinajstić information content (AvgIpc) is 2.50. The fraction of sp³-hybridized carbons (Fsp3) is 0.533. The number of hydrogen-bond donors (Lipinski definition) is 0. The van der Waals surface area contributed by atoms with Gasteiger partial charge in [0.25, 0.3) is 5.91 Å². The number of carbonyl (C=O) groups excluding carboxylic acids is 2. The van der Waals surface area contributed by atoms with Gasteiger partial charge in [0.2, 0.25) is 5.91 Å². The molecule has 0 aromatic carbocycles. The van der Waals surface area contributed by atoms with Gasteiger partial charge in [-0.3, -0.25) is 14.5 Å². The van der Waals surface area contributed by atoms with E-state index in [4.69, 9.17) is 4.74 Å². The van der Waals surface area contributed by atoms with Crippen LogP contribution in [0.1, 0.15) is 26.7 Å². The van der Waals surface area contributed by atoms with Crippen LogP contribution in [-0.2, 0) is 9.59 Å². The Balaban J connectivity index is 2.14. The number of fused-ring (bicyclic) bond motifs is 1. The Kier molecular flexibility index (Phi) is 5.14. The summed E-state index contributed by atoms with van der Waals surface area (Å²) in [6.07, 6.45) is 3.39. The monoisotopic (exact) mass is 291 g/mol. The number of nitrogens with zero attached hydrogens (tertiary/aromatic N) is 3. The van der Waals surface area contributed by atoms with Crippen LogP contribution in [0.4, 0.5) is 5.82 Å². The lowest BCUT2D eigenvalue weighted by Gasteiger charge is -2.30. The topological polar surface area (TPSA) is 62.7 Å². The van der Waals surface area contributed by atoms with E-state index in [0.717, 1.165) is 12.8 Å². The second-order valence-corrected chi connectivity index (χ2v) is 4.97. The standard InChI is InChI=1S/C15H21N3O3/c1-3-8-17(9-4-2)13(19)10-18-14(20)11-21-12-6-5-7-16-15(12)18/h5-7H,3-4,8-11H2,1-2H3. The molecule has 0 N–H and O–H groups in total. The Morgan fingerprint density at radius 1 is 1.38 bits per heavy atom. The van der Waals surface area contributed by atoms with Crippen LogP contribution >= 0.6 is 0 Å². The van der Waals surface area contributed by atoms with Crippen LogP contribution in [0.5, 0.6) is 5.75 Å². The molecule has 2 rings (SSSR count). The summed E-state index contributed by atoms with van der Waals surface area (Å²) >= 11 is 0. The van der Waals surface area contributed by atoms with Crippen LogP contribution in [0.15, 0.2) is 18.3 Å². The summed E-state index contributed by atoms with van der Waals surface area (Å²) in [6, 6.07) is 3.50. The number of pyridine rings is 1. The quantitative estimate of drug-likeness (QED) is 0.796. The van der Waals surface area contributed by atoms with Gasteiger partial charge in [0.15, 0.2) is 18.2 Å². The molecule has 0 fully saturated rings. The van der Waals surface area contributed by atoms with Gasteiger partial charge in [-0.15, -0.1) is 0 Å². The van der Waals surface area contributed by atoms with E-state index >= 15 is 0 Å². The van der Waals surface area contributed by atoms with E-state index in [9.17, 15) is 9.59 Å². The normalized spacial score (nSPS) is 13.6. The summed E-state index contributed by atoms with van der Waals surface area (Å²) < 4.78 is 5.32. The van der Waals surface area contributed by atoms with Crippen LogP contribution in [0.25, 0.3) is 0 Å². The zero-order chi connectivity index (χ0) is 15.2. The third kappa shape index (κ3) is 3.51. The second-order valence-electron chi connectivity index (χ2n) is 4.97. The van der Waals surface area contributed by atoms with Crippen molar-refractivity contribution in [1.29, 1.82) is 0 Å². The van der Waals surface area contributed by atoms with E-state index < -0.39 is 0 Å². The van der Waals surface area contributed by atoms with Gasteiger partial charge in [0.05, 0.1) is 0 Å². The summed E-state index contributed by atoms with van der Waals surface area (Å²) in [5, 5.41) is 0. The Hall–Kier alpha value is -2.11. The Labute approximate surface area is 124 Å². The number of aromatic nitrogens is 1. The van der Waals surface area contributed by atoms with Crippen molar-refractivity contribution >= 4 is 17.6 Å². The fourth-order valence-corrected chi connectivity index (χ4v) is 2.33. The fourth-order valence-electron chi connectivity index (χ4n) is 2.33. The van der Waals surface area contributed by atoms with Crippen LogP contribution in [0, 0.1) is 0 Å². The highest BCUT2D eigenvalue weighted by Gasteiger charge is 2.29. The largest absolute Gasteiger partial charge is 0.480 e. The van der Waals surface area contributed by atoms with Crippen molar-refractivity contribution in [2.45, 2.75) is 26.7 Å². The first-order chi connectivity index (χ1) is 10.2. The zero-order valence-electron chi connectivity index (χ0n) is 12.5. The van der Waals surface area contributed by atoms with E-state index in [1.54, 1.807) is 23.2 Å². The van der Waals surface area contributed by atoms with Gasteiger partial charge in [-0.05, 0) is 25.0 Å². The molecular weight excluding hydrogens is 270 g/mol. The molecule has 1 aliphatic rings. The minimum Gasteiger partial charge on any atom is -0.480 e. The predicted octanol–water partition coefficient (Wildman–Crippen LogP) is 1.46. The SMILES string of the molecule is CCCN(CCC)C(=O)CN1C(=O)COc2cccnc21. The summed E-state index contributed by atoms with van der Waals surface area (Å²) in [6.45, 7) is 5.46. The van der Waals surface area contributed by atoms with E-state index in [-0.39, 0.29) is 25.0 Å². The van der Waals surface area contributed by atoms with Gasteiger partial charge in [0, 0.05) is 19.3 Å². The Morgan fingerprint density at radius 3 is 2.76 bits per heavy atom. The number of hydrogen-bond acceptors (Lipinski definition) is 4. The molecule has 0 radical (unpaired) electrons. The van der Waals surface area contributed by atoms with Crippen molar-refractivity contribution in [1.82, 2.24) is 9.88 Å². The van der Waals surface area contributed by atoms with Crippen molar-refractivity contribution in [3.63, 3.8) is 0 Å². The summed E-state index contributed by atoms with van der Waals surface area (Å²) in [5.74, 6) is 0.686. The van der Waals surface area contributed by atoms with E-state index in [0.29, 0.717) is 24.7 Å². The summed E-state index contributed by atoms with van der Waals surface area (Å²) in [7, 11) is 0. The van der Waals surface area contributed by atoms with E-state index in [1.807, 2.05) is 13.8 Å². The van der Waals surface area contributed by atoms with Crippen molar-refractivity contribution < 1.29 is 14.3 Å². The van der Waals surface area contributed by atoms with Gasteiger partial charge in [-0.2, -0.15) is 0 Å². The Bertz CT molecular complexity index is 513. The van der Waals surface area contributed by atoms with Crippen LogP contribution in [0.2, 0.25) is 0 Å². The van der Waals surface area contributed by atoms with Crippen LogP contribution in [-0.4, -0.2) is 47.9 Å². The molecule has 1 aromatic heterocycles. The maximum atomic E-state index is 12.4. The molecule has 0 spiro atoms. The highest BCUT2D eigenvalue weighted by molar-refractivity contribution is 6.01. The molecule has 0 unspecified atom stereocenters. The first kappa shape index (κ1) is 15.3. The van der Waals surface area contributed by atoms with Gasteiger partial charge in [0.1, 0.15) is 6.54 Å². The maximum Gasteiger partial charge on any atom is 0.266 e. The third-order valence-corrected chi connectivity index (χ3v) is 3.29. The molecule has 2 heterocycles. The number of anilines is 1. The van der Waals surface area contributed by atoms with Crippen molar-refractivity contribution in [3.8, 4) is 5.75 Å². The zero-order valence-corrected chi connectivity index (χ0v) is 12.5. The lowest BCUT2D eigenvalue weighted by atomic mass is 10.3. The van der Waals surface area contributed by atoms with Gasteiger partial charge >= 0.3 is 0 Å². The summed E-state index contributed by atoms with van der Waals surface area (Å²) in [4.78, 5) is 31.8. The molecule has 0 atom stereocenters. The van der Waals surface area contributed by atoms with E-state index in [2.05, 4.69) is 4.98 Å². The first-order valence-corrected chi connectivity index (χ1v) is 7.33. The molecule has 1 aromatic rings. The summed E-state index contributed by atoms with van der Waals surface area (Å²) in [5.41, 5.74) is 0. The molecule has 0 saturated heterocycles. The minimum atomic E-state index is -0.234. The number of carbonyl (C=O) groups is 2. The Morgan fingerprint density at radius 2 is 2.10 bits per heavy atom. The first-order valence-electron chi connectivity index (χ1n) is 7.33. The lowest BCUT2D eigenvalue weighted by molar-refractivity contribution is -0.132. The molecule has 2 amide bonds. The van der Waals surface area contributed by atoms with Crippen molar-refractivity contribution in [2.75, 3.05) is 31.1 Å². The van der Waals surface area contributed by atoms with Gasteiger partial charge in [-0.1, -0.05) is 13.8 Å². The van der Waals surface area contributed by atoms with Crippen molar-refractivity contribution in [2.24, 2.45) is 0 Å². The van der Waals surface area contributed by atoms with Crippen LogP contribution < -0.4 is 9.64 Å². The maximum absolute atomic E-state index is 12.4. The molecule has 21 heavy (non-hydrogen) atoms. The van der Waals surface area contributed by atoms with Gasteiger partial charge < -0.3 is 9.64 Å². The van der Waals surface area contributed by atoms with Gasteiger partial charge in [-0.25, -0.2) is 4.98 Å². The molecule has 1 aliphatic heterocycles. The van der Waals surface area contributed by atoms with Crippen molar-refractivity contribution in [3.05, 3.63) is 18.3 Å². The molecule has 0 saturated carbocycles. The molecule has 6 nitrogen and oxygen atoms in total. The van der Waals surface area contributed by atoms with E-state index in [1.165, 1.54) is 4.90 Å². The predicted molar refractivity (Wildman–Crippen MR) is 79.2 cm³/mol. The third-order valence-electron chi connectivity index (χ3n) is 3.29. The number of amides is 2.